The molecule has 21 heavy (non-hydrogen) atoms. The summed E-state index contributed by atoms with van der Waals surface area (Å²) in [6.07, 6.45) is 1.37. The van der Waals surface area contributed by atoms with Gasteiger partial charge in [-0.05, 0) is 24.5 Å². The summed E-state index contributed by atoms with van der Waals surface area (Å²) in [6, 6.07) is -0.0224. The summed E-state index contributed by atoms with van der Waals surface area (Å²) in [5.74, 6) is 0.0249. The van der Waals surface area contributed by atoms with Gasteiger partial charge in [-0.1, -0.05) is 0 Å². The summed E-state index contributed by atoms with van der Waals surface area (Å²) >= 11 is 0. The number of rotatable bonds is 3. The second-order valence-electron chi connectivity index (χ2n) is 5.87. The maximum absolute atomic E-state index is 12.2. The summed E-state index contributed by atoms with van der Waals surface area (Å²) in [4.78, 5) is 15.8. The number of amides is 1. The molecule has 9 nitrogen and oxygen atoms in total. The number of likely N-dealkylation sites (tertiary alicyclic amines) is 1. The molecule has 2 fully saturated rings. The van der Waals surface area contributed by atoms with E-state index >= 15 is 0 Å². The van der Waals surface area contributed by atoms with Crippen molar-refractivity contribution in [1.29, 1.82) is 0 Å². The number of carbonyl (C=O) groups excluding carboxylic acids is 1. The lowest BCUT2D eigenvalue weighted by Crippen LogP contribution is -2.39. The summed E-state index contributed by atoms with van der Waals surface area (Å²) in [5, 5.41) is 10.2. The van der Waals surface area contributed by atoms with Crippen LogP contribution in [0.5, 0.6) is 0 Å². The van der Waals surface area contributed by atoms with Gasteiger partial charge in [-0.3, -0.25) is 4.79 Å². The van der Waals surface area contributed by atoms with Gasteiger partial charge in [-0.15, -0.1) is 5.10 Å². The molecule has 1 aromatic rings. The fraction of sp³-hybridized carbons (Fsp3) is 0.818. The molecule has 2 aliphatic heterocycles. The van der Waals surface area contributed by atoms with Crippen LogP contribution in [-0.4, -0.2) is 88.6 Å². The molecule has 0 aromatic carbocycles. The second-order valence-corrected chi connectivity index (χ2v) is 8.13. The van der Waals surface area contributed by atoms with Crippen LogP contribution in [0.2, 0.25) is 0 Å². The molecule has 3 rings (SSSR count). The number of aromatic nitrogens is 4. The van der Waals surface area contributed by atoms with Crippen LogP contribution < -0.4 is 0 Å². The van der Waals surface area contributed by atoms with Gasteiger partial charge >= 0.3 is 0 Å². The molecule has 0 spiro atoms. The lowest BCUT2D eigenvalue weighted by atomic mass is 10.00. The first-order chi connectivity index (χ1) is 9.88. The van der Waals surface area contributed by atoms with E-state index in [0.717, 1.165) is 0 Å². The zero-order chi connectivity index (χ0) is 15.2. The number of hydrogen-bond donors (Lipinski definition) is 0. The van der Waals surface area contributed by atoms with Gasteiger partial charge in [0.15, 0.2) is 9.84 Å². The summed E-state index contributed by atoms with van der Waals surface area (Å²) in [6.45, 7) is 0.797. The molecule has 2 aliphatic rings. The standard InChI is InChI=1S/C11H18N6O3S/c1-15(2)9-6-21(19,20)10-4-16(3-8(9)10)11(18)5-17-7-12-13-14-17/h7-10H,3-6H2,1-2H3/t8-,9-,10-/m0/s1. The minimum atomic E-state index is -3.13. The Labute approximate surface area is 122 Å². The number of nitrogens with zero attached hydrogens (tertiary/aromatic N) is 6. The third-order valence-electron chi connectivity index (χ3n) is 4.37. The minimum Gasteiger partial charge on any atom is -0.339 e. The maximum Gasteiger partial charge on any atom is 0.244 e. The van der Waals surface area contributed by atoms with Crippen LogP contribution in [0.4, 0.5) is 0 Å². The van der Waals surface area contributed by atoms with Crippen LogP contribution in [0, 0.1) is 5.92 Å². The zero-order valence-electron chi connectivity index (χ0n) is 12.0. The van der Waals surface area contributed by atoms with Crippen LogP contribution >= 0.6 is 0 Å². The topological polar surface area (TPSA) is 101 Å². The smallest absolute Gasteiger partial charge is 0.244 e. The number of carbonyl (C=O) groups is 1. The number of sulfone groups is 1. The van der Waals surface area contributed by atoms with Crippen molar-refractivity contribution >= 4 is 15.7 Å². The molecule has 3 heterocycles. The average Bonchev–Trinajstić information content (AvgIpc) is 3.07. The van der Waals surface area contributed by atoms with Gasteiger partial charge in [0.2, 0.25) is 5.91 Å². The molecule has 2 saturated heterocycles. The van der Waals surface area contributed by atoms with E-state index in [-0.39, 0.29) is 36.7 Å². The van der Waals surface area contributed by atoms with Gasteiger partial charge in [0.05, 0.1) is 11.0 Å². The van der Waals surface area contributed by atoms with Crippen molar-refractivity contribution in [2.45, 2.75) is 17.8 Å². The van der Waals surface area contributed by atoms with E-state index in [1.54, 1.807) is 4.90 Å². The fourth-order valence-electron chi connectivity index (χ4n) is 3.26. The predicted molar refractivity (Wildman–Crippen MR) is 72.9 cm³/mol. The third-order valence-corrected chi connectivity index (χ3v) is 6.60. The lowest BCUT2D eigenvalue weighted by Gasteiger charge is -2.25. The van der Waals surface area contributed by atoms with Gasteiger partial charge in [0.25, 0.3) is 0 Å². The molecule has 10 heteroatoms. The molecule has 0 aliphatic carbocycles. The second kappa shape index (κ2) is 5.02. The first kappa shape index (κ1) is 14.4. The van der Waals surface area contributed by atoms with E-state index < -0.39 is 15.1 Å². The third kappa shape index (κ3) is 2.53. The van der Waals surface area contributed by atoms with E-state index in [1.165, 1.54) is 11.0 Å². The van der Waals surface area contributed by atoms with Gasteiger partial charge in [0.1, 0.15) is 12.9 Å². The van der Waals surface area contributed by atoms with Crippen molar-refractivity contribution in [3.8, 4) is 0 Å². The van der Waals surface area contributed by atoms with Crippen LogP contribution in [0.15, 0.2) is 6.33 Å². The molecule has 0 saturated carbocycles. The maximum atomic E-state index is 12.2. The van der Waals surface area contributed by atoms with E-state index in [0.29, 0.717) is 6.54 Å². The molecule has 0 unspecified atom stereocenters. The first-order valence-corrected chi connectivity index (χ1v) is 8.46. The summed E-state index contributed by atoms with van der Waals surface area (Å²) in [7, 11) is 0.637. The Kier molecular flexibility index (Phi) is 3.44. The van der Waals surface area contributed by atoms with Crippen LogP contribution in [0.25, 0.3) is 0 Å². The molecule has 0 bridgehead atoms. The van der Waals surface area contributed by atoms with Crippen molar-refractivity contribution < 1.29 is 13.2 Å². The lowest BCUT2D eigenvalue weighted by molar-refractivity contribution is -0.131. The predicted octanol–water partition coefficient (Wildman–Crippen LogP) is -2.14. The van der Waals surface area contributed by atoms with E-state index in [2.05, 4.69) is 15.5 Å². The van der Waals surface area contributed by atoms with Crippen LogP contribution in [-0.2, 0) is 21.2 Å². The number of fused-ring (bicyclic) bond motifs is 1. The Morgan fingerprint density at radius 1 is 1.38 bits per heavy atom. The molecule has 1 aromatic heterocycles. The molecular formula is C11H18N6O3S. The Bertz CT molecular complexity index is 628. The van der Waals surface area contributed by atoms with Crippen LogP contribution in [0.1, 0.15) is 0 Å². The number of hydrogen-bond acceptors (Lipinski definition) is 7. The monoisotopic (exact) mass is 314 g/mol. The molecule has 3 atom stereocenters. The molecule has 116 valence electrons. The first-order valence-electron chi connectivity index (χ1n) is 6.75. The highest BCUT2D eigenvalue weighted by atomic mass is 32.2. The zero-order valence-corrected chi connectivity index (χ0v) is 12.8. The van der Waals surface area contributed by atoms with Crippen molar-refractivity contribution in [1.82, 2.24) is 30.0 Å². The Morgan fingerprint density at radius 3 is 2.76 bits per heavy atom. The molecule has 1 amide bonds. The largest absolute Gasteiger partial charge is 0.339 e. The van der Waals surface area contributed by atoms with Crippen molar-refractivity contribution in [3.05, 3.63) is 6.33 Å². The summed E-state index contributed by atoms with van der Waals surface area (Å²) < 4.78 is 25.8. The average molecular weight is 314 g/mol. The fourth-order valence-corrected chi connectivity index (χ4v) is 5.74. The van der Waals surface area contributed by atoms with Gasteiger partial charge in [-0.25, -0.2) is 13.1 Å². The number of tetrazole rings is 1. The molecule has 0 radical (unpaired) electrons. The highest BCUT2D eigenvalue weighted by Crippen LogP contribution is 2.35. The van der Waals surface area contributed by atoms with E-state index in [1.807, 2.05) is 19.0 Å². The summed E-state index contributed by atoms with van der Waals surface area (Å²) in [5.41, 5.74) is 0. The highest BCUT2D eigenvalue weighted by Gasteiger charge is 2.53. The van der Waals surface area contributed by atoms with Crippen molar-refractivity contribution in [3.63, 3.8) is 0 Å². The molecule has 0 N–H and O–H groups in total. The van der Waals surface area contributed by atoms with Crippen molar-refractivity contribution in [2.24, 2.45) is 5.92 Å². The van der Waals surface area contributed by atoms with E-state index in [9.17, 15) is 13.2 Å². The normalized spacial score (nSPS) is 30.8. The Morgan fingerprint density at radius 2 is 2.14 bits per heavy atom. The quantitative estimate of drug-likeness (QED) is 0.627. The van der Waals surface area contributed by atoms with Crippen molar-refractivity contribution in [2.75, 3.05) is 32.9 Å². The van der Waals surface area contributed by atoms with Gasteiger partial charge < -0.3 is 9.80 Å². The Balaban J connectivity index is 1.73. The van der Waals surface area contributed by atoms with Gasteiger partial charge in [-0.2, -0.15) is 0 Å². The Hall–Kier alpha value is -1.55. The van der Waals surface area contributed by atoms with Crippen LogP contribution in [0.3, 0.4) is 0 Å². The molecular weight excluding hydrogens is 296 g/mol. The van der Waals surface area contributed by atoms with E-state index in [4.69, 9.17) is 0 Å². The van der Waals surface area contributed by atoms with Gasteiger partial charge in [0, 0.05) is 25.0 Å². The highest BCUT2D eigenvalue weighted by molar-refractivity contribution is 7.92. The SMILES string of the molecule is CN(C)[C@H]1CS(=O)(=O)[C@H]2CN(C(=O)Cn3cnnn3)C[C@@H]12. The minimum absolute atomic E-state index is 0.0113.